The summed E-state index contributed by atoms with van der Waals surface area (Å²) in [5, 5.41) is 4.60. The normalized spacial score (nSPS) is 33.4. The highest BCUT2D eigenvalue weighted by Gasteiger charge is 2.29. The Bertz CT molecular complexity index is 207. The van der Waals surface area contributed by atoms with E-state index in [9.17, 15) is 8.42 Å². The highest BCUT2D eigenvalue weighted by molar-refractivity contribution is 7.84. The summed E-state index contributed by atoms with van der Waals surface area (Å²) in [6.07, 6.45) is 0.873. The van der Waals surface area contributed by atoms with Crippen LogP contribution < -0.4 is 10.9 Å². The molecular formula is C4H10N2O3S. The SMILES string of the molecule is NS(=O)(=O)O[C@H]1C[C@@H](N)C1. The zero-order valence-corrected chi connectivity index (χ0v) is 6.17. The summed E-state index contributed by atoms with van der Waals surface area (Å²) in [5.74, 6) is 0. The lowest BCUT2D eigenvalue weighted by Gasteiger charge is -2.30. The third-order valence-corrected chi connectivity index (χ3v) is 1.94. The maximum absolute atomic E-state index is 10.3. The molecule has 0 aromatic rings. The van der Waals surface area contributed by atoms with E-state index in [1.54, 1.807) is 0 Å². The first-order valence-electron chi connectivity index (χ1n) is 2.94. The van der Waals surface area contributed by atoms with Crippen LogP contribution in [0.1, 0.15) is 12.8 Å². The maximum atomic E-state index is 10.3. The Kier molecular flexibility index (Phi) is 1.95. The molecule has 1 fully saturated rings. The Hall–Kier alpha value is -0.170. The Morgan fingerprint density at radius 2 is 1.90 bits per heavy atom. The minimum Gasteiger partial charge on any atom is -0.328 e. The molecule has 0 aromatic carbocycles. The van der Waals surface area contributed by atoms with Crippen LogP contribution in [0.4, 0.5) is 0 Å². The molecule has 6 heteroatoms. The van der Waals surface area contributed by atoms with Gasteiger partial charge in [-0.05, 0) is 12.8 Å². The van der Waals surface area contributed by atoms with E-state index in [1.807, 2.05) is 0 Å². The lowest BCUT2D eigenvalue weighted by molar-refractivity contribution is 0.108. The second-order valence-electron chi connectivity index (χ2n) is 2.44. The first-order valence-corrected chi connectivity index (χ1v) is 4.41. The van der Waals surface area contributed by atoms with Gasteiger partial charge in [0, 0.05) is 6.04 Å². The van der Waals surface area contributed by atoms with Crippen LogP contribution >= 0.6 is 0 Å². The average molecular weight is 166 g/mol. The van der Waals surface area contributed by atoms with E-state index in [4.69, 9.17) is 5.73 Å². The van der Waals surface area contributed by atoms with E-state index in [0.717, 1.165) is 0 Å². The molecule has 0 spiro atoms. The maximum Gasteiger partial charge on any atom is 0.333 e. The number of nitrogens with two attached hydrogens (primary N) is 2. The molecule has 0 aliphatic heterocycles. The Morgan fingerprint density at radius 3 is 2.20 bits per heavy atom. The van der Waals surface area contributed by atoms with Gasteiger partial charge in [0.15, 0.2) is 0 Å². The largest absolute Gasteiger partial charge is 0.333 e. The minimum absolute atomic E-state index is 0.0757. The second kappa shape index (κ2) is 2.46. The van der Waals surface area contributed by atoms with Crippen LogP contribution in [0.2, 0.25) is 0 Å². The van der Waals surface area contributed by atoms with Crippen molar-refractivity contribution in [2.75, 3.05) is 0 Å². The molecule has 0 saturated heterocycles. The van der Waals surface area contributed by atoms with Gasteiger partial charge in [-0.25, -0.2) is 5.14 Å². The average Bonchev–Trinajstić information content (AvgIpc) is 1.57. The summed E-state index contributed by atoms with van der Waals surface area (Å²) in [6.45, 7) is 0. The Labute approximate surface area is 59.6 Å². The molecule has 0 radical (unpaired) electrons. The van der Waals surface area contributed by atoms with Crippen molar-refractivity contribution in [3.8, 4) is 0 Å². The summed E-state index contributed by atoms with van der Waals surface area (Å²) < 4.78 is 24.9. The van der Waals surface area contributed by atoms with Crippen molar-refractivity contribution in [1.29, 1.82) is 0 Å². The zero-order chi connectivity index (χ0) is 7.78. The Balaban J connectivity index is 2.30. The van der Waals surface area contributed by atoms with Crippen molar-refractivity contribution < 1.29 is 12.6 Å². The third kappa shape index (κ3) is 2.22. The highest BCUT2D eigenvalue weighted by atomic mass is 32.2. The van der Waals surface area contributed by atoms with Gasteiger partial charge in [0.25, 0.3) is 0 Å². The van der Waals surface area contributed by atoms with Gasteiger partial charge in [-0.1, -0.05) is 0 Å². The third-order valence-electron chi connectivity index (χ3n) is 1.40. The van der Waals surface area contributed by atoms with Crippen LogP contribution in [0.15, 0.2) is 0 Å². The summed E-state index contributed by atoms with van der Waals surface area (Å²) in [4.78, 5) is 0. The van der Waals surface area contributed by atoms with Gasteiger partial charge >= 0.3 is 10.3 Å². The number of hydrogen-bond donors (Lipinski definition) is 2. The molecule has 0 aromatic heterocycles. The molecule has 0 bridgehead atoms. The first-order chi connectivity index (χ1) is 4.47. The molecule has 0 unspecified atom stereocenters. The van der Waals surface area contributed by atoms with Crippen molar-refractivity contribution in [2.24, 2.45) is 10.9 Å². The van der Waals surface area contributed by atoms with E-state index in [1.165, 1.54) is 0 Å². The molecular weight excluding hydrogens is 156 g/mol. The van der Waals surface area contributed by atoms with Crippen molar-refractivity contribution >= 4 is 10.3 Å². The summed E-state index contributed by atoms with van der Waals surface area (Å²) >= 11 is 0. The van der Waals surface area contributed by atoms with E-state index >= 15 is 0 Å². The fourth-order valence-corrected chi connectivity index (χ4v) is 1.41. The quantitative estimate of drug-likeness (QED) is 0.532. The molecule has 1 rings (SSSR count). The first kappa shape index (κ1) is 7.93. The standard InChI is InChI=1S/C4H10N2O3S/c5-3-1-4(2-3)9-10(6,7)8/h3-4H,1-2,5H2,(H2,6,7,8)/t3-,4+. The minimum atomic E-state index is -3.76. The molecule has 1 saturated carbocycles. The molecule has 0 amide bonds. The zero-order valence-electron chi connectivity index (χ0n) is 5.36. The molecule has 5 nitrogen and oxygen atoms in total. The van der Waals surface area contributed by atoms with Gasteiger partial charge in [0.1, 0.15) is 0 Å². The molecule has 0 heterocycles. The molecule has 1 aliphatic rings. The monoisotopic (exact) mass is 166 g/mol. The summed E-state index contributed by atoms with van der Waals surface area (Å²) in [7, 11) is -3.76. The predicted molar refractivity (Wildman–Crippen MR) is 35.2 cm³/mol. The second-order valence-corrected chi connectivity index (χ2v) is 3.62. The van der Waals surface area contributed by atoms with Crippen LogP contribution in [-0.4, -0.2) is 20.6 Å². The van der Waals surface area contributed by atoms with Gasteiger partial charge < -0.3 is 5.73 Å². The van der Waals surface area contributed by atoms with Gasteiger partial charge in [-0.2, -0.15) is 8.42 Å². The number of hydrogen-bond acceptors (Lipinski definition) is 4. The van der Waals surface area contributed by atoms with Gasteiger partial charge in [-0.15, -0.1) is 0 Å². The topological polar surface area (TPSA) is 95.4 Å². The van der Waals surface area contributed by atoms with E-state index in [2.05, 4.69) is 9.32 Å². The van der Waals surface area contributed by atoms with Gasteiger partial charge in [0.2, 0.25) is 0 Å². The van der Waals surface area contributed by atoms with E-state index in [-0.39, 0.29) is 12.1 Å². The molecule has 60 valence electrons. The molecule has 4 N–H and O–H groups in total. The fourth-order valence-electron chi connectivity index (χ4n) is 0.875. The smallest absolute Gasteiger partial charge is 0.328 e. The lowest BCUT2D eigenvalue weighted by atomic mass is 9.91. The lowest BCUT2D eigenvalue weighted by Crippen LogP contribution is -2.43. The van der Waals surface area contributed by atoms with Crippen LogP contribution in [0.3, 0.4) is 0 Å². The van der Waals surface area contributed by atoms with E-state index < -0.39 is 10.3 Å². The van der Waals surface area contributed by atoms with Gasteiger partial charge in [0.05, 0.1) is 6.10 Å². The van der Waals surface area contributed by atoms with Crippen molar-refractivity contribution in [2.45, 2.75) is 25.0 Å². The highest BCUT2D eigenvalue weighted by Crippen LogP contribution is 2.21. The molecule has 1 aliphatic carbocycles. The predicted octanol–water partition coefficient (Wildman–Crippen LogP) is -1.30. The van der Waals surface area contributed by atoms with Crippen molar-refractivity contribution in [1.82, 2.24) is 0 Å². The Morgan fingerprint density at radius 1 is 1.40 bits per heavy atom. The summed E-state index contributed by atoms with van der Waals surface area (Å²) in [5.41, 5.74) is 5.37. The van der Waals surface area contributed by atoms with E-state index in [0.29, 0.717) is 12.8 Å². The van der Waals surface area contributed by atoms with Crippen LogP contribution in [0, 0.1) is 0 Å². The molecule has 0 atom stereocenters. The van der Waals surface area contributed by atoms with Crippen molar-refractivity contribution in [3.63, 3.8) is 0 Å². The van der Waals surface area contributed by atoms with Crippen LogP contribution in [-0.2, 0) is 14.5 Å². The van der Waals surface area contributed by atoms with Crippen molar-refractivity contribution in [3.05, 3.63) is 0 Å². The fraction of sp³-hybridized carbons (Fsp3) is 1.00. The van der Waals surface area contributed by atoms with Gasteiger partial charge in [-0.3, -0.25) is 4.18 Å². The number of rotatable bonds is 2. The van der Waals surface area contributed by atoms with Crippen LogP contribution in [0.5, 0.6) is 0 Å². The summed E-state index contributed by atoms with van der Waals surface area (Å²) in [6, 6.07) is 0.0757. The van der Waals surface area contributed by atoms with Crippen LogP contribution in [0.25, 0.3) is 0 Å². The molecule has 10 heavy (non-hydrogen) atoms.